The number of sulfone groups is 1. The van der Waals surface area contributed by atoms with Crippen molar-refractivity contribution in [2.24, 2.45) is 0 Å². The molecule has 0 unspecified atom stereocenters. The topological polar surface area (TPSA) is 77.5 Å². The molecule has 18 heavy (non-hydrogen) atoms. The second-order valence-electron chi connectivity index (χ2n) is 4.02. The van der Waals surface area contributed by atoms with Crippen molar-refractivity contribution in [3.05, 3.63) is 30.3 Å². The number of hydrogen-bond donors (Lipinski definition) is 0. The highest BCUT2D eigenvalue weighted by atomic mass is 35.5. The molecule has 2 atom stereocenters. The molecule has 5 nitrogen and oxygen atoms in total. The van der Waals surface area contributed by atoms with Crippen LogP contribution in [0.2, 0.25) is 0 Å². The van der Waals surface area contributed by atoms with Crippen molar-refractivity contribution in [2.45, 2.75) is 10.6 Å². The van der Waals surface area contributed by atoms with E-state index in [-0.39, 0.29) is 11.5 Å². The van der Waals surface area contributed by atoms with Crippen molar-refractivity contribution in [3.8, 4) is 5.75 Å². The molecular formula is C10H11ClO5S2. The molecular weight excluding hydrogens is 300 g/mol. The molecule has 0 aromatic heterocycles. The number of rotatable bonds is 3. The fraction of sp³-hybridized carbons (Fsp3) is 0.400. The van der Waals surface area contributed by atoms with Crippen molar-refractivity contribution in [1.82, 2.24) is 0 Å². The first kappa shape index (κ1) is 13.6. The Bertz CT molecular complexity index is 623. The minimum Gasteiger partial charge on any atom is -0.382 e. The molecule has 0 N–H and O–H groups in total. The molecule has 0 spiro atoms. The summed E-state index contributed by atoms with van der Waals surface area (Å²) < 4.78 is 51.4. The van der Waals surface area contributed by atoms with Gasteiger partial charge in [-0.05, 0) is 12.1 Å². The van der Waals surface area contributed by atoms with Crippen molar-refractivity contribution >= 4 is 31.6 Å². The molecule has 1 fully saturated rings. The van der Waals surface area contributed by atoms with Gasteiger partial charge in [0, 0.05) is 0 Å². The highest BCUT2D eigenvalue weighted by Gasteiger charge is 2.45. The number of alkyl halides is 1. The summed E-state index contributed by atoms with van der Waals surface area (Å²) >= 11 is 5.78. The zero-order valence-electron chi connectivity index (χ0n) is 9.19. The predicted octanol–water partition coefficient (Wildman–Crippen LogP) is 0.800. The fourth-order valence-corrected chi connectivity index (χ4v) is 6.82. The molecule has 1 aliphatic heterocycles. The minimum atomic E-state index is -4.04. The lowest BCUT2D eigenvalue weighted by atomic mass is 10.3. The number of para-hydroxylation sites is 1. The standard InChI is InChI=1S/C10H11ClO5S2/c11-9-6-17(12,13)7-10(9)18(14,15)16-8-4-2-1-3-5-8/h1-5,9-10H,6-7H2/t9-,10+/m0/s1. The van der Waals surface area contributed by atoms with E-state index in [4.69, 9.17) is 15.8 Å². The van der Waals surface area contributed by atoms with Crippen LogP contribution in [0.15, 0.2) is 30.3 Å². The van der Waals surface area contributed by atoms with Gasteiger partial charge in [-0.15, -0.1) is 11.6 Å². The second kappa shape index (κ2) is 4.71. The Labute approximate surface area is 111 Å². The van der Waals surface area contributed by atoms with E-state index in [9.17, 15) is 16.8 Å². The van der Waals surface area contributed by atoms with Gasteiger partial charge in [0.1, 0.15) is 11.0 Å². The first-order chi connectivity index (χ1) is 8.30. The largest absolute Gasteiger partial charge is 0.382 e. The summed E-state index contributed by atoms with van der Waals surface area (Å²) in [6, 6.07) is 7.90. The van der Waals surface area contributed by atoms with Crippen molar-refractivity contribution in [2.75, 3.05) is 11.5 Å². The average Bonchev–Trinajstić information content (AvgIpc) is 2.54. The third-order valence-electron chi connectivity index (χ3n) is 2.56. The highest BCUT2D eigenvalue weighted by molar-refractivity contribution is 7.94. The first-order valence-corrected chi connectivity index (χ1v) is 8.86. The van der Waals surface area contributed by atoms with Gasteiger partial charge in [-0.2, -0.15) is 8.42 Å². The second-order valence-corrected chi connectivity index (χ2v) is 8.49. The Kier molecular flexibility index (Phi) is 3.57. The van der Waals surface area contributed by atoms with Crippen LogP contribution in [0.3, 0.4) is 0 Å². The van der Waals surface area contributed by atoms with E-state index in [1.165, 1.54) is 12.1 Å². The third kappa shape index (κ3) is 2.96. The lowest BCUT2D eigenvalue weighted by Gasteiger charge is -2.13. The first-order valence-electron chi connectivity index (χ1n) is 5.13. The molecule has 0 amide bonds. The van der Waals surface area contributed by atoms with Crippen LogP contribution in [0.25, 0.3) is 0 Å². The summed E-state index contributed by atoms with van der Waals surface area (Å²) in [5.41, 5.74) is 0. The number of benzene rings is 1. The van der Waals surface area contributed by atoms with E-state index < -0.39 is 36.3 Å². The Morgan fingerprint density at radius 3 is 2.28 bits per heavy atom. The lowest BCUT2D eigenvalue weighted by molar-refractivity contribution is 0.475. The monoisotopic (exact) mass is 310 g/mol. The van der Waals surface area contributed by atoms with Gasteiger partial charge in [0.25, 0.3) is 0 Å². The number of halogens is 1. The van der Waals surface area contributed by atoms with Crippen LogP contribution in [-0.4, -0.2) is 39.0 Å². The Morgan fingerprint density at radius 1 is 1.17 bits per heavy atom. The molecule has 1 aromatic rings. The van der Waals surface area contributed by atoms with Gasteiger partial charge in [-0.3, -0.25) is 0 Å². The lowest BCUT2D eigenvalue weighted by Crippen LogP contribution is -2.33. The van der Waals surface area contributed by atoms with Crippen LogP contribution in [0.4, 0.5) is 0 Å². The molecule has 1 heterocycles. The van der Waals surface area contributed by atoms with E-state index in [1.54, 1.807) is 18.2 Å². The van der Waals surface area contributed by atoms with Gasteiger partial charge in [0.05, 0.1) is 16.9 Å². The zero-order chi connectivity index (χ0) is 13.4. The minimum absolute atomic E-state index is 0.144. The normalized spacial score (nSPS) is 26.9. The van der Waals surface area contributed by atoms with Crippen LogP contribution in [0.5, 0.6) is 5.75 Å². The summed E-state index contributed by atoms with van der Waals surface area (Å²) in [6.07, 6.45) is 0. The van der Waals surface area contributed by atoms with E-state index in [2.05, 4.69) is 0 Å². The average molecular weight is 311 g/mol. The van der Waals surface area contributed by atoms with Gasteiger partial charge >= 0.3 is 10.1 Å². The highest BCUT2D eigenvalue weighted by Crippen LogP contribution is 2.26. The molecule has 0 bridgehead atoms. The van der Waals surface area contributed by atoms with Gasteiger partial charge in [0.2, 0.25) is 0 Å². The van der Waals surface area contributed by atoms with Gasteiger partial charge in [-0.25, -0.2) is 8.42 Å². The van der Waals surface area contributed by atoms with Crippen molar-refractivity contribution in [1.29, 1.82) is 0 Å². The van der Waals surface area contributed by atoms with Crippen LogP contribution < -0.4 is 4.18 Å². The van der Waals surface area contributed by atoms with Crippen LogP contribution in [0.1, 0.15) is 0 Å². The maximum Gasteiger partial charge on any atom is 0.314 e. The van der Waals surface area contributed by atoms with Gasteiger partial charge in [0.15, 0.2) is 9.84 Å². The fourth-order valence-electron chi connectivity index (χ4n) is 1.71. The van der Waals surface area contributed by atoms with Gasteiger partial charge < -0.3 is 4.18 Å². The summed E-state index contributed by atoms with van der Waals surface area (Å²) in [5.74, 6) is -0.682. The molecule has 0 saturated carbocycles. The molecule has 100 valence electrons. The molecule has 0 radical (unpaired) electrons. The third-order valence-corrected chi connectivity index (χ3v) is 6.96. The van der Waals surface area contributed by atoms with E-state index in [1.807, 2.05) is 0 Å². The maximum atomic E-state index is 11.9. The molecule has 1 aromatic carbocycles. The smallest absolute Gasteiger partial charge is 0.314 e. The molecule has 1 aliphatic rings. The van der Waals surface area contributed by atoms with Gasteiger partial charge in [-0.1, -0.05) is 18.2 Å². The molecule has 8 heteroatoms. The Morgan fingerprint density at radius 2 is 1.78 bits per heavy atom. The summed E-state index contributed by atoms with van der Waals surface area (Å²) in [7, 11) is -7.46. The summed E-state index contributed by atoms with van der Waals surface area (Å²) in [5, 5.41) is -2.19. The molecule has 2 rings (SSSR count). The zero-order valence-corrected chi connectivity index (χ0v) is 11.6. The van der Waals surface area contributed by atoms with Crippen molar-refractivity contribution < 1.29 is 21.0 Å². The van der Waals surface area contributed by atoms with Crippen LogP contribution in [-0.2, 0) is 20.0 Å². The van der Waals surface area contributed by atoms with Crippen molar-refractivity contribution in [3.63, 3.8) is 0 Å². The van der Waals surface area contributed by atoms with E-state index in [0.717, 1.165) is 0 Å². The summed E-state index contributed by atoms with van der Waals surface area (Å²) in [4.78, 5) is 0. The SMILES string of the molecule is O=S1(=O)C[C@@H](S(=O)(=O)Oc2ccccc2)[C@@H](Cl)C1. The number of hydrogen-bond acceptors (Lipinski definition) is 5. The molecule has 1 saturated heterocycles. The van der Waals surface area contributed by atoms with E-state index >= 15 is 0 Å². The Hall–Kier alpha value is -0.790. The predicted molar refractivity (Wildman–Crippen MR) is 68.1 cm³/mol. The van der Waals surface area contributed by atoms with E-state index in [0.29, 0.717) is 0 Å². The quantitative estimate of drug-likeness (QED) is 0.609. The maximum absolute atomic E-state index is 11.9. The Balaban J connectivity index is 2.23. The summed E-state index contributed by atoms with van der Waals surface area (Å²) in [6.45, 7) is 0. The van der Waals surface area contributed by atoms with Crippen LogP contribution in [0, 0.1) is 0 Å². The molecule has 0 aliphatic carbocycles. The van der Waals surface area contributed by atoms with Crippen LogP contribution >= 0.6 is 11.6 Å².